The van der Waals surface area contributed by atoms with E-state index in [1.807, 2.05) is 48.5 Å². The minimum absolute atomic E-state index is 0. The van der Waals surface area contributed by atoms with Crippen LogP contribution in [0.4, 0.5) is 5.69 Å². The quantitative estimate of drug-likeness (QED) is 0.578. The van der Waals surface area contributed by atoms with Crippen LogP contribution < -0.4 is 5.43 Å². The number of hydrazone groups is 1. The lowest BCUT2D eigenvalue weighted by Gasteiger charge is -2.17. The Kier molecular flexibility index (Phi) is 8.84. The molecule has 2 rings (SSSR count). The minimum atomic E-state index is 0. The van der Waals surface area contributed by atoms with Crippen LogP contribution in [0.2, 0.25) is 0 Å². The van der Waals surface area contributed by atoms with E-state index in [2.05, 4.69) is 60.7 Å². The van der Waals surface area contributed by atoms with Gasteiger partial charge >= 0.3 is 0 Å². The summed E-state index contributed by atoms with van der Waals surface area (Å²) in [5.41, 5.74) is 6.36. The largest absolute Gasteiger partial charge is 0.309 e. The number of hydrogen-bond donors (Lipinski definition) is 1. The number of para-hydroxylation sites is 1. The molecular formula is C20H26ClN3. The molecule has 0 saturated heterocycles. The van der Waals surface area contributed by atoms with Gasteiger partial charge in [0.1, 0.15) is 0 Å². The Hall–Kier alpha value is -2.10. The summed E-state index contributed by atoms with van der Waals surface area (Å²) >= 11 is 0. The van der Waals surface area contributed by atoms with E-state index in [0.717, 1.165) is 17.9 Å². The third-order valence-electron chi connectivity index (χ3n) is 3.48. The van der Waals surface area contributed by atoms with Crippen LogP contribution in [0.25, 0.3) is 6.08 Å². The summed E-state index contributed by atoms with van der Waals surface area (Å²) in [4.78, 5) is 2.18. The lowest BCUT2D eigenvalue weighted by atomic mass is 10.0. The van der Waals surface area contributed by atoms with Crippen molar-refractivity contribution < 1.29 is 0 Å². The van der Waals surface area contributed by atoms with Crippen LogP contribution in [0.1, 0.15) is 12.5 Å². The zero-order valence-electron chi connectivity index (χ0n) is 14.5. The van der Waals surface area contributed by atoms with Gasteiger partial charge in [-0.3, -0.25) is 5.43 Å². The van der Waals surface area contributed by atoms with Gasteiger partial charge in [0.25, 0.3) is 0 Å². The average Bonchev–Trinajstić information content (AvgIpc) is 2.56. The average molecular weight is 344 g/mol. The van der Waals surface area contributed by atoms with Crippen LogP contribution in [0.15, 0.2) is 71.8 Å². The number of allylic oxidation sites excluding steroid dienone is 1. The van der Waals surface area contributed by atoms with Gasteiger partial charge in [0.05, 0.1) is 11.4 Å². The fourth-order valence-electron chi connectivity index (χ4n) is 2.34. The van der Waals surface area contributed by atoms with E-state index in [0.29, 0.717) is 5.92 Å². The molecule has 1 unspecified atom stereocenters. The van der Waals surface area contributed by atoms with Crippen molar-refractivity contribution >= 4 is 29.9 Å². The molecule has 128 valence electrons. The van der Waals surface area contributed by atoms with Crippen LogP contribution in [0.3, 0.4) is 0 Å². The fraction of sp³-hybridized carbons (Fsp3) is 0.250. The number of nitrogens with one attached hydrogen (secondary N) is 1. The van der Waals surface area contributed by atoms with Gasteiger partial charge in [-0.05, 0) is 37.9 Å². The van der Waals surface area contributed by atoms with E-state index in [4.69, 9.17) is 0 Å². The molecule has 1 N–H and O–H groups in total. The summed E-state index contributed by atoms with van der Waals surface area (Å²) in [5.74, 6) is 0.334. The molecule has 24 heavy (non-hydrogen) atoms. The number of hydrogen-bond acceptors (Lipinski definition) is 3. The summed E-state index contributed by atoms with van der Waals surface area (Å²) in [5, 5.41) is 4.62. The Bertz CT molecular complexity index is 636. The fourth-order valence-corrected chi connectivity index (χ4v) is 2.34. The third kappa shape index (κ3) is 6.99. The first-order chi connectivity index (χ1) is 11.1. The maximum Gasteiger partial charge on any atom is 0.0648 e. The second-order valence-electron chi connectivity index (χ2n) is 5.92. The Labute approximate surface area is 151 Å². The zero-order chi connectivity index (χ0) is 16.5. The molecule has 3 nitrogen and oxygen atoms in total. The molecule has 0 bridgehead atoms. The second-order valence-corrected chi connectivity index (χ2v) is 5.92. The van der Waals surface area contributed by atoms with Gasteiger partial charge < -0.3 is 4.90 Å². The van der Waals surface area contributed by atoms with Crippen LogP contribution in [-0.2, 0) is 0 Å². The first-order valence-electron chi connectivity index (χ1n) is 7.91. The molecule has 0 saturated carbocycles. The van der Waals surface area contributed by atoms with Crippen molar-refractivity contribution in [2.24, 2.45) is 11.0 Å². The van der Waals surface area contributed by atoms with Crippen LogP contribution in [-0.4, -0.2) is 31.3 Å². The van der Waals surface area contributed by atoms with Gasteiger partial charge in [0.15, 0.2) is 0 Å². The Morgan fingerprint density at radius 3 is 2.21 bits per heavy atom. The highest BCUT2D eigenvalue weighted by atomic mass is 35.5. The van der Waals surface area contributed by atoms with Gasteiger partial charge in [-0.25, -0.2) is 0 Å². The number of anilines is 1. The Balaban J connectivity index is 0.00000288. The highest BCUT2D eigenvalue weighted by Gasteiger charge is 2.09. The van der Waals surface area contributed by atoms with Crippen molar-refractivity contribution in [1.29, 1.82) is 0 Å². The van der Waals surface area contributed by atoms with Gasteiger partial charge in [0, 0.05) is 12.5 Å². The highest BCUT2D eigenvalue weighted by molar-refractivity contribution is 6.00. The molecule has 0 fully saturated rings. The van der Waals surface area contributed by atoms with Gasteiger partial charge in [-0.2, -0.15) is 5.10 Å². The van der Waals surface area contributed by atoms with Gasteiger partial charge in [-0.15, -0.1) is 12.4 Å². The van der Waals surface area contributed by atoms with Crippen LogP contribution >= 0.6 is 12.4 Å². The molecule has 0 amide bonds. The van der Waals surface area contributed by atoms with Crippen molar-refractivity contribution in [3.63, 3.8) is 0 Å². The lowest BCUT2D eigenvalue weighted by Crippen LogP contribution is -2.25. The first kappa shape index (κ1) is 19.9. The van der Waals surface area contributed by atoms with Gasteiger partial charge in [0.2, 0.25) is 0 Å². The van der Waals surface area contributed by atoms with Crippen molar-refractivity contribution in [3.05, 3.63) is 72.3 Å². The van der Waals surface area contributed by atoms with E-state index in [9.17, 15) is 0 Å². The van der Waals surface area contributed by atoms with Crippen molar-refractivity contribution in [3.8, 4) is 0 Å². The van der Waals surface area contributed by atoms with E-state index in [1.54, 1.807) is 0 Å². The zero-order valence-corrected chi connectivity index (χ0v) is 15.3. The monoisotopic (exact) mass is 343 g/mol. The highest BCUT2D eigenvalue weighted by Crippen LogP contribution is 2.09. The molecule has 2 aromatic carbocycles. The summed E-state index contributed by atoms with van der Waals surface area (Å²) < 4.78 is 0. The van der Waals surface area contributed by atoms with Crippen molar-refractivity contribution in [2.45, 2.75) is 6.92 Å². The number of nitrogens with zero attached hydrogens (tertiary/aromatic N) is 2. The lowest BCUT2D eigenvalue weighted by molar-refractivity contribution is 0.381. The smallest absolute Gasteiger partial charge is 0.0648 e. The second kappa shape index (κ2) is 10.6. The Morgan fingerprint density at radius 1 is 1.04 bits per heavy atom. The molecular weight excluding hydrogens is 318 g/mol. The van der Waals surface area contributed by atoms with Gasteiger partial charge in [-0.1, -0.05) is 61.5 Å². The molecule has 1 atom stereocenters. The SMILES string of the molecule is CC(CN(C)C)C(C=Cc1ccccc1)=NNc1ccccc1.Cl. The minimum Gasteiger partial charge on any atom is -0.309 e. The van der Waals surface area contributed by atoms with Crippen molar-refractivity contribution in [2.75, 3.05) is 26.1 Å². The molecule has 0 radical (unpaired) electrons. The standard InChI is InChI=1S/C20H25N3.ClH/c1-17(16-23(2)3)20(15-14-18-10-6-4-7-11-18)22-21-19-12-8-5-9-13-19;/h4-15,17,21H,16H2,1-3H3;1H. The topological polar surface area (TPSA) is 27.6 Å². The molecule has 4 heteroatoms. The molecule has 0 aliphatic heterocycles. The summed E-state index contributed by atoms with van der Waals surface area (Å²) in [6.07, 6.45) is 4.21. The van der Waals surface area contributed by atoms with E-state index in [1.165, 1.54) is 5.56 Å². The maximum atomic E-state index is 4.62. The number of benzene rings is 2. The van der Waals surface area contributed by atoms with Crippen LogP contribution in [0, 0.1) is 5.92 Å². The molecule has 0 aliphatic rings. The third-order valence-corrected chi connectivity index (χ3v) is 3.48. The summed E-state index contributed by atoms with van der Waals surface area (Å²) in [7, 11) is 4.17. The normalized spacial score (nSPS) is 12.9. The molecule has 0 heterocycles. The maximum absolute atomic E-state index is 4.62. The predicted molar refractivity (Wildman–Crippen MR) is 108 cm³/mol. The molecule has 0 aromatic heterocycles. The van der Waals surface area contributed by atoms with Crippen LogP contribution in [0.5, 0.6) is 0 Å². The predicted octanol–water partition coefficient (Wildman–Crippen LogP) is 4.79. The number of halogens is 1. The van der Waals surface area contributed by atoms with E-state index in [-0.39, 0.29) is 12.4 Å². The first-order valence-corrected chi connectivity index (χ1v) is 7.91. The molecule has 2 aromatic rings. The number of rotatable bonds is 7. The summed E-state index contributed by atoms with van der Waals surface area (Å²) in [6, 6.07) is 20.3. The van der Waals surface area contributed by atoms with Crippen molar-refractivity contribution in [1.82, 2.24) is 4.90 Å². The molecule has 0 aliphatic carbocycles. The summed E-state index contributed by atoms with van der Waals surface area (Å²) in [6.45, 7) is 3.15. The Morgan fingerprint density at radius 2 is 1.62 bits per heavy atom. The van der Waals surface area contributed by atoms with E-state index >= 15 is 0 Å². The molecule has 0 spiro atoms. The van der Waals surface area contributed by atoms with E-state index < -0.39 is 0 Å².